The zero-order valence-electron chi connectivity index (χ0n) is 12.0. The molecule has 1 heterocycles. The van der Waals surface area contributed by atoms with E-state index < -0.39 is 0 Å². The van der Waals surface area contributed by atoms with Gasteiger partial charge in [0.05, 0.1) is 0 Å². The van der Waals surface area contributed by atoms with Gasteiger partial charge in [0.25, 0.3) is 0 Å². The minimum Gasteiger partial charge on any atom is -0.369 e. The van der Waals surface area contributed by atoms with Crippen molar-refractivity contribution in [1.82, 2.24) is 0 Å². The van der Waals surface area contributed by atoms with Crippen LogP contribution >= 0.6 is 0 Å². The van der Waals surface area contributed by atoms with Crippen molar-refractivity contribution in [1.29, 1.82) is 0 Å². The Kier molecular flexibility index (Phi) is 3.75. The lowest BCUT2D eigenvalue weighted by Crippen LogP contribution is -2.39. The summed E-state index contributed by atoms with van der Waals surface area (Å²) in [5.41, 5.74) is 10.4. The van der Waals surface area contributed by atoms with E-state index in [1.165, 1.54) is 23.2 Å². The average molecular weight is 266 g/mol. The zero-order valence-corrected chi connectivity index (χ0v) is 12.0. The van der Waals surface area contributed by atoms with Crippen molar-refractivity contribution in [2.75, 3.05) is 18.0 Å². The van der Waals surface area contributed by atoms with Gasteiger partial charge < -0.3 is 10.6 Å². The van der Waals surface area contributed by atoms with Gasteiger partial charge in [0.1, 0.15) is 0 Å². The van der Waals surface area contributed by atoms with Crippen LogP contribution in [0.15, 0.2) is 54.6 Å². The second-order valence-corrected chi connectivity index (χ2v) is 5.86. The van der Waals surface area contributed by atoms with Gasteiger partial charge in [-0.05, 0) is 29.5 Å². The second kappa shape index (κ2) is 5.68. The third-order valence-corrected chi connectivity index (χ3v) is 4.08. The van der Waals surface area contributed by atoms with E-state index >= 15 is 0 Å². The fourth-order valence-corrected chi connectivity index (χ4v) is 3.12. The maximum Gasteiger partial charge on any atom is 0.0473 e. The molecule has 0 amide bonds. The van der Waals surface area contributed by atoms with Crippen molar-refractivity contribution in [2.45, 2.75) is 19.4 Å². The van der Waals surface area contributed by atoms with Crippen LogP contribution in [-0.4, -0.2) is 13.1 Å². The second-order valence-electron chi connectivity index (χ2n) is 5.86. The molecule has 1 aliphatic heterocycles. The number of benzene rings is 2. The predicted molar refractivity (Wildman–Crippen MR) is 84.9 cm³/mol. The topological polar surface area (TPSA) is 29.3 Å². The molecule has 2 nitrogen and oxygen atoms in total. The smallest absolute Gasteiger partial charge is 0.0473 e. The van der Waals surface area contributed by atoms with E-state index in [9.17, 15) is 0 Å². The summed E-state index contributed by atoms with van der Waals surface area (Å²) in [6.45, 7) is 4.29. The molecule has 1 aliphatic rings. The van der Waals surface area contributed by atoms with Crippen LogP contribution in [-0.2, 0) is 6.42 Å². The highest BCUT2D eigenvalue weighted by Gasteiger charge is 2.22. The standard InChI is InChI=1S/C18H22N2/c1-14-11-16-9-5-6-10-18(16)20(12-14)13-17(19)15-7-3-2-4-8-15/h2-10,14,17H,11-13,19H2,1H3. The first kappa shape index (κ1) is 13.2. The van der Waals surface area contributed by atoms with Crippen LogP contribution in [0.5, 0.6) is 0 Å². The lowest BCUT2D eigenvalue weighted by atomic mass is 9.93. The van der Waals surface area contributed by atoms with Gasteiger partial charge in [0.2, 0.25) is 0 Å². The Balaban J connectivity index is 1.81. The predicted octanol–water partition coefficient (Wildman–Crippen LogP) is 3.39. The Morgan fingerprint density at radius 3 is 2.60 bits per heavy atom. The Bertz CT molecular complexity index is 565. The van der Waals surface area contributed by atoms with E-state index in [1.54, 1.807) is 0 Å². The SMILES string of the molecule is CC1Cc2ccccc2N(CC(N)c2ccccc2)C1. The van der Waals surface area contributed by atoms with Crippen molar-refractivity contribution in [2.24, 2.45) is 11.7 Å². The lowest BCUT2D eigenvalue weighted by Gasteiger charge is -2.36. The van der Waals surface area contributed by atoms with Crippen molar-refractivity contribution < 1.29 is 0 Å². The molecule has 0 fully saturated rings. The summed E-state index contributed by atoms with van der Waals surface area (Å²) >= 11 is 0. The molecule has 20 heavy (non-hydrogen) atoms. The van der Waals surface area contributed by atoms with Crippen molar-refractivity contribution in [3.05, 3.63) is 65.7 Å². The molecule has 2 heteroatoms. The molecule has 3 rings (SSSR count). The van der Waals surface area contributed by atoms with Gasteiger partial charge in [-0.3, -0.25) is 0 Å². The largest absolute Gasteiger partial charge is 0.369 e. The minimum atomic E-state index is 0.0644. The molecule has 0 radical (unpaired) electrons. The van der Waals surface area contributed by atoms with Crippen molar-refractivity contribution in [3.63, 3.8) is 0 Å². The first-order valence-electron chi connectivity index (χ1n) is 7.37. The van der Waals surface area contributed by atoms with E-state index in [0.29, 0.717) is 5.92 Å². The molecule has 2 aromatic rings. The number of nitrogens with zero attached hydrogens (tertiary/aromatic N) is 1. The van der Waals surface area contributed by atoms with Crippen molar-refractivity contribution >= 4 is 5.69 Å². The normalized spacial score (nSPS) is 19.5. The van der Waals surface area contributed by atoms with Gasteiger partial charge in [-0.1, -0.05) is 55.5 Å². The summed E-state index contributed by atoms with van der Waals surface area (Å²) in [7, 11) is 0. The van der Waals surface area contributed by atoms with Crippen LogP contribution in [0.25, 0.3) is 0 Å². The van der Waals surface area contributed by atoms with Crippen LogP contribution in [0.2, 0.25) is 0 Å². The molecule has 104 valence electrons. The van der Waals surface area contributed by atoms with E-state index in [1.807, 2.05) is 6.07 Å². The maximum atomic E-state index is 6.39. The molecular formula is C18H22N2. The molecule has 0 spiro atoms. The number of hydrogen-bond donors (Lipinski definition) is 1. The number of fused-ring (bicyclic) bond motifs is 1. The summed E-state index contributed by atoms with van der Waals surface area (Å²) in [5, 5.41) is 0. The number of rotatable bonds is 3. The van der Waals surface area contributed by atoms with Gasteiger partial charge in [-0.15, -0.1) is 0 Å². The Hall–Kier alpha value is -1.80. The monoisotopic (exact) mass is 266 g/mol. The molecular weight excluding hydrogens is 244 g/mol. The Morgan fingerprint density at radius 1 is 1.10 bits per heavy atom. The summed E-state index contributed by atoms with van der Waals surface area (Å²) in [6, 6.07) is 19.2. The lowest BCUT2D eigenvalue weighted by molar-refractivity contribution is 0.515. The molecule has 0 aromatic heterocycles. The van der Waals surface area contributed by atoms with Crippen LogP contribution in [0.1, 0.15) is 24.1 Å². The number of para-hydroxylation sites is 1. The fourth-order valence-electron chi connectivity index (χ4n) is 3.12. The quantitative estimate of drug-likeness (QED) is 0.922. The minimum absolute atomic E-state index is 0.0644. The van der Waals surface area contributed by atoms with Crippen molar-refractivity contribution in [3.8, 4) is 0 Å². The molecule has 0 saturated heterocycles. The highest BCUT2D eigenvalue weighted by Crippen LogP contribution is 2.30. The van der Waals surface area contributed by atoms with Gasteiger partial charge in [-0.25, -0.2) is 0 Å². The third kappa shape index (κ3) is 2.70. The molecule has 0 bridgehead atoms. The van der Waals surface area contributed by atoms with E-state index in [0.717, 1.165) is 13.1 Å². The van der Waals surface area contributed by atoms with Gasteiger partial charge in [0, 0.05) is 24.8 Å². The summed E-state index contributed by atoms with van der Waals surface area (Å²) in [5.74, 6) is 0.688. The Morgan fingerprint density at radius 2 is 1.80 bits per heavy atom. The molecule has 2 N–H and O–H groups in total. The highest BCUT2D eigenvalue weighted by molar-refractivity contribution is 5.56. The fraction of sp³-hybridized carbons (Fsp3) is 0.333. The summed E-state index contributed by atoms with van der Waals surface area (Å²) < 4.78 is 0. The molecule has 2 unspecified atom stereocenters. The molecule has 0 saturated carbocycles. The van der Waals surface area contributed by atoms with Crippen LogP contribution in [0.4, 0.5) is 5.69 Å². The molecule has 2 atom stereocenters. The summed E-state index contributed by atoms with van der Waals surface area (Å²) in [6.07, 6.45) is 1.17. The third-order valence-electron chi connectivity index (χ3n) is 4.08. The number of hydrogen-bond acceptors (Lipinski definition) is 2. The van der Waals surface area contributed by atoms with Crippen LogP contribution in [0, 0.1) is 5.92 Å². The van der Waals surface area contributed by atoms with Crippen LogP contribution < -0.4 is 10.6 Å². The van der Waals surface area contributed by atoms with E-state index in [4.69, 9.17) is 5.73 Å². The average Bonchev–Trinajstić information content (AvgIpc) is 2.48. The van der Waals surface area contributed by atoms with Gasteiger partial charge >= 0.3 is 0 Å². The first-order chi connectivity index (χ1) is 9.74. The van der Waals surface area contributed by atoms with Gasteiger partial charge in [-0.2, -0.15) is 0 Å². The van der Waals surface area contributed by atoms with Gasteiger partial charge in [0.15, 0.2) is 0 Å². The highest BCUT2D eigenvalue weighted by atomic mass is 15.2. The molecule has 2 aromatic carbocycles. The zero-order chi connectivity index (χ0) is 13.9. The van der Waals surface area contributed by atoms with E-state index in [2.05, 4.69) is 60.4 Å². The first-order valence-corrected chi connectivity index (χ1v) is 7.37. The molecule has 0 aliphatic carbocycles. The number of nitrogens with two attached hydrogens (primary N) is 1. The maximum absolute atomic E-state index is 6.39. The van der Waals surface area contributed by atoms with E-state index in [-0.39, 0.29) is 6.04 Å². The summed E-state index contributed by atoms with van der Waals surface area (Å²) in [4.78, 5) is 2.45. The Labute approximate surface area is 121 Å². The number of anilines is 1. The van der Waals surface area contributed by atoms with Crippen LogP contribution in [0.3, 0.4) is 0 Å².